The van der Waals surface area contributed by atoms with Gasteiger partial charge in [0.15, 0.2) is 5.82 Å². The van der Waals surface area contributed by atoms with Gasteiger partial charge in [0.25, 0.3) is 0 Å². The van der Waals surface area contributed by atoms with E-state index in [0.717, 1.165) is 38.9 Å². The molecule has 0 amide bonds. The van der Waals surface area contributed by atoms with Crippen LogP contribution in [0.4, 0.5) is 0 Å². The Morgan fingerprint density at radius 2 is 0.957 bits per heavy atom. The summed E-state index contributed by atoms with van der Waals surface area (Å²) in [7, 11) is 1.46. The molecule has 0 fully saturated rings. The van der Waals surface area contributed by atoms with Crippen LogP contribution >= 0.6 is 0 Å². The van der Waals surface area contributed by atoms with Crippen molar-refractivity contribution < 1.29 is 9.53 Å². The number of carbonyl (C=O) groups excluding carboxylic acids is 1. The van der Waals surface area contributed by atoms with Crippen molar-refractivity contribution in [2.24, 2.45) is 0 Å². The third kappa shape index (κ3) is 8.29. The molecular weight excluding hydrogens is 849 g/mol. The molecule has 69 heavy (non-hydrogen) atoms. The highest BCUT2D eigenvalue weighted by Gasteiger charge is 2.47. The number of tetrazole rings is 1. The topological polar surface area (TPSA) is 76.4 Å². The number of hydrogen-bond acceptors (Lipinski definition) is 7. The van der Waals surface area contributed by atoms with E-state index in [4.69, 9.17) is 15.0 Å². The Morgan fingerprint density at radius 3 is 1.41 bits per heavy atom. The maximum Gasteiger partial charge on any atom is 0.305 e. The van der Waals surface area contributed by atoms with Gasteiger partial charge < -0.3 is 14.5 Å². The molecule has 9 aromatic rings. The van der Waals surface area contributed by atoms with Crippen molar-refractivity contribution in [2.45, 2.75) is 50.0 Å². The molecule has 0 bridgehead atoms. The lowest BCUT2D eigenvalue weighted by Crippen LogP contribution is -2.51. The fourth-order valence-corrected chi connectivity index (χ4v) is 10.5. The van der Waals surface area contributed by atoms with Crippen LogP contribution in [0.2, 0.25) is 0 Å². The molecule has 1 atom stereocenters. The average molecular weight is 903 g/mol. The van der Waals surface area contributed by atoms with Crippen molar-refractivity contribution in [2.75, 3.05) is 7.11 Å². The summed E-state index contributed by atoms with van der Waals surface area (Å²) in [6.45, 7) is 2.95. The van der Waals surface area contributed by atoms with E-state index in [2.05, 4.69) is 240 Å². The van der Waals surface area contributed by atoms with Gasteiger partial charge in [-0.25, -0.2) is 4.68 Å². The molecule has 1 aliphatic rings. The quantitative estimate of drug-likeness (QED) is 0.0706. The maximum absolute atomic E-state index is 12.4. The Hall–Kier alpha value is -8.36. The Bertz CT molecular complexity index is 2930. The van der Waals surface area contributed by atoms with Gasteiger partial charge in [0.2, 0.25) is 0 Å². The highest BCUT2D eigenvalue weighted by atomic mass is 16.5. The zero-order valence-corrected chi connectivity index (χ0v) is 38.9. The summed E-state index contributed by atoms with van der Waals surface area (Å²) < 4.78 is 7.07. The second kappa shape index (κ2) is 19.9. The van der Waals surface area contributed by atoms with Crippen molar-refractivity contribution in [1.82, 2.24) is 30.0 Å². The standard InChI is InChI=1S/C61H54N6O2/c1-46-65(55(36-23-39-58(68)69-2)45-66(46)60(49-24-9-3-10-25-49,50-26-11-4-12-27-50)51-28-13-5-14-29-51)44-47-40-42-48(43-41-47)56-37-21-22-38-57(56)59-62-63-64-67(59)61(52-30-15-6-16-31-52,53-32-17-7-18-33-53)54-34-19-8-20-35-54/h3-22,24-35,37-38,40-43,45-46H,23,36,39,44H2,1-2H3/t46-/m0/s1. The fourth-order valence-electron chi connectivity index (χ4n) is 10.5. The lowest BCUT2D eigenvalue weighted by atomic mass is 9.75. The van der Waals surface area contributed by atoms with Crippen molar-refractivity contribution in [3.8, 4) is 22.5 Å². The van der Waals surface area contributed by atoms with Crippen molar-refractivity contribution >= 4 is 5.97 Å². The number of nitrogens with zero attached hydrogens (tertiary/aromatic N) is 6. The molecule has 2 heterocycles. The van der Waals surface area contributed by atoms with E-state index in [1.165, 1.54) is 29.5 Å². The number of aromatic nitrogens is 4. The first-order chi connectivity index (χ1) is 34.0. The van der Waals surface area contributed by atoms with Crippen LogP contribution in [0.1, 0.15) is 65.1 Å². The van der Waals surface area contributed by atoms with Crippen LogP contribution < -0.4 is 0 Å². The van der Waals surface area contributed by atoms with Gasteiger partial charge in [-0.3, -0.25) is 4.79 Å². The Morgan fingerprint density at radius 1 is 0.536 bits per heavy atom. The van der Waals surface area contributed by atoms with E-state index in [1.807, 2.05) is 22.9 Å². The first-order valence-corrected chi connectivity index (χ1v) is 23.7. The third-order valence-electron chi connectivity index (χ3n) is 13.7. The van der Waals surface area contributed by atoms with Crippen LogP contribution in [0.15, 0.2) is 242 Å². The molecule has 1 aliphatic heterocycles. The molecule has 0 saturated heterocycles. The summed E-state index contributed by atoms with van der Waals surface area (Å²) >= 11 is 0. The molecule has 0 unspecified atom stereocenters. The lowest BCUT2D eigenvalue weighted by Gasteiger charge is -2.47. The first-order valence-electron chi connectivity index (χ1n) is 23.7. The molecule has 0 N–H and O–H groups in total. The van der Waals surface area contributed by atoms with Crippen LogP contribution in [-0.2, 0) is 27.2 Å². The Kier molecular flexibility index (Phi) is 12.8. The summed E-state index contributed by atoms with van der Waals surface area (Å²) in [5.41, 5.74) is 10.4. The number of hydrogen-bond donors (Lipinski definition) is 0. The van der Waals surface area contributed by atoms with Crippen molar-refractivity contribution in [1.29, 1.82) is 0 Å². The van der Waals surface area contributed by atoms with Crippen LogP contribution in [0.5, 0.6) is 0 Å². The summed E-state index contributed by atoms with van der Waals surface area (Å²) in [4.78, 5) is 17.5. The smallest absolute Gasteiger partial charge is 0.305 e. The van der Waals surface area contributed by atoms with E-state index >= 15 is 0 Å². The summed E-state index contributed by atoms with van der Waals surface area (Å²) in [6, 6.07) is 81.2. The minimum atomic E-state index is -0.888. The van der Waals surface area contributed by atoms with Crippen molar-refractivity contribution in [3.63, 3.8) is 0 Å². The Balaban J connectivity index is 1.03. The number of allylic oxidation sites excluding steroid dienone is 1. The molecule has 1 aromatic heterocycles. The zero-order valence-electron chi connectivity index (χ0n) is 38.9. The molecule has 0 radical (unpaired) electrons. The van der Waals surface area contributed by atoms with Gasteiger partial charge in [-0.2, -0.15) is 0 Å². The third-order valence-corrected chi connectivity index (χ3v) is 13.7. The molecule has 10 rings (SSSR count). The number of benzene rings is 8. The SMILES string of the molecule is COC(=O)CCCC1=CN(C(c2ccccc2)(c2ccccc2)c2ccccc2)[C@@H](C)N1Cc1ccc(-c2ccccc2-c2nnnn2C(c2ccccc2)(c2ccccc2)c2ccccc2)cc1. The van der Waals surface area contributed by atoms with E-state index in [1.54, 1.807) is 0 Å². The van der Waals surface area contributed by atoms with Gasteiger partial charge in [0.05, 0.1) is 13.3 Å². The monoisotopic (exact) mass is 902 g/mol. The van der Waals surface area contributed by atoms with E-state index in [0.29, 0.717) is 31.6 Å². The van der Waals surface area contributed by atoms with E-state index in [9.17, 15) is 4.79 Å². The van der Waals surface area contributed by atoms with E-state index < -0.39 is 11.1 Å². The largest absolute Gasteiger partial charge is 0.469 e. The minimum Gasteiger partial charge on any atom is -0.469 e. The van der Waals surface area contributed by atoms with Crippen LogP contribution in [-0.4, -0.2) is 49.3 Å². The number of rotatable bonds is 16. The highest BCUT2D eigenvalue weighted by molar-refractivity contribution is 5.81. The van der Waals surface area contributed by atoms with Crippen molar-refractivity contribution in [3.05, 3.63) is 281 Å². The number of carbonyl (C=O) groups is 1. The molecule has 340 valence electrons. The first kappa shape index (κ1) is 44.5. The molecule has 0 aliphatic carbocycles. The number of ether oxygens (including phenoxy) is 1. The molecule has 0 spiro atoms. The fraction of sp³-hybridized carbons (Fsp3) is 0.148. The second-order valence-corrected chi connectivity index (χ2v) is 17.5. The molecule has 8 aromatic carbocycles. The van der Waals surface area contributed by atoms with Gasteiger partial charge in [-0.1, -0.05) is 231 Å². The highest BCUT2D eigenvalue weighted by Crippen LogP contribution is 2.48. The molecule has 0 saturated carbocycles. The number of esters is 1. The Labute approximate surface area is 404 Å². The van der Waals surface area contributed by atoms with Gasteiger partial charge in [-0.15, -0.1) is 5.10 Å². The van der Waals surface area contributed by atoms with Crippen LogP contribution in [0, 0.1) is 0 Å². The van der Waals surface area contributed by atoms with Gasteiger partial charge in [-0.05, 0) is 80.3 Å². The zero-order chi connectivity index (χ0) is 47.0. The summed E-state index contributed by atoms with van der Waals surface area (Å²) in [5, 5.41) is 14.1. The summed E-state index contributed by atoms with van der Waals surface area (Å²) in [5.74, 6) is 0.450. The predicted octanol–water partition coefficient (Wildman–Crippen LogP) is 12.5. The second-order valence-electron chi connectivity index (χ2n) is 17.5. The average Bonchev–Trinajstić information content (AvgIpc) is 4.03. The molecule has 8 heteroatoms. The van der Waals surface area contributed by atoms with E-state index in [-0.39, 0.29) is 12.1 Å². The minimum absolute atomic E-state index is 0.0721. The predicted molar refractivity (Wildman–Crippen MR) is 273 cm³/mol. The van der Waals surface area contributed by atoms with Gasteiger partial charge in [0.1, 0.15) is 11.1 Å². The van der Waals surface area contributed by atoms with Crippen LogP contribution in [0.3, 0.4) is 0 Å². The number of methoxy groups -OCH3 is 1. The molecule has 8 nitrogen and oxygen atoms in total. The normalized spacial score (nSPS) is 13.8. The van der Waals surface area contributed by atoms with Gasteiger partial charge in [0, 0.05) is 30.4 Å². The van der Waals surface area contributed by atoms with Crippen LogP contribution in [0.25, 0.3) is 22.5 Å². The molecular formula is C61H54N6O2. The lowest BCUT2D eigenvalue weighted by molar-refractivity contribution is -0.140. The maximum atomic E-state index is 12.4. The van der Waals surface area contributed by atoms with Gasteiger partial charge >= 0.3 is 5.97 Å². The summed E-state index contributed by atoms with van der Waals surface area (Å²) in [6.07, 6.45) is 3.99.